The van der Waals surface area contributed by atoms with Gasteiger partial charge in [-0.2, -0.15) is 4.98 Å². The minimum absolute atomic E-state index is 0.0302. The van der Waals surface area contributed by atoms with Crippen LogP contribution in [0.2, 0.25) is 0 Å². The first-order valence-electron chi connectivity index (χ1n) is 9.33. The average molecular weight is 367 g/mol. The summed E-state index contributed by atoms with van der Waals surface area (Å²) >= 11 is 0. The second-order valence-electron chi connectivity index (χ2n) is 7.22. The van der Waals surface area contributed by atoms with Crippen LogP contribution in [0, 0.1) is 19.8 Å². The van der Waals surface area contributed by atoms with E-state index in [1.54, 1.807) is 24.8 Å². The highest BCUT2D eigenvalue weighted by Gasteiger charge is 2.28. The number of nitrogens with zero attached hydrogens (tertiary/aromatic N) is 3. The molecule has 1 atom stereocenters. The number of ketones is 1. The molecule has 2 aromatic rings. The lowest BCUT2D eigenvalue weighted by Crippen LogP contribution is -2.45. The Morgan fingerprint density at radius 1 is 1.19 bits per heavy atom. The number of likely N-dealkylation sites (tertiary alicyclic amines) is 1. The summed E-state index contributed by atoms with van der Waals surface area (Å²) in [7, 11) is 0. The topological polar surface area (TPSA) is 72.3 Å². The van der Waals surface area contributed by atoms with Crippen molar-refractivity contribution in [1.29, 1.82) is 0 Å². The van der Waals surface area contributed by atoms with E-state index in [2.05, 4.69) is 4.98 Å². The molecule has 2 heterocycles. The summed E-state index contributed by atoms with van der Waals surface area (Å²) in [6.45, 7) is 4.58. The van der Waals surface area contributed by atoms with Gasteiger partial charge in [0.25, 0.3) is 0 Å². The number of carbonyl (C=O) groups is 2. The van der Waals surface area contributed by atoms with Gasteiger partial charge in [-0.25, -0.2) is 4.79 Å². The maximum atomic E-state index is 12.7. The molecule has 0 unspecified atom stereocenters. The molecule has 1 aliphatic heterocycles. The normalized spacial score (nSPS) is 17.0. The smallest absolute Gasteiger partial charge is 0.340 e. The van der Waals surface area contributed by atoms with Gasteiger partial charge in [0.05, 0.1) is 0 Å². The Kier molecular flexibility index (Phi) is 5.84. The first-order valence-corrected chi connectivity index (χ1v) is 9.33. The van der Waals surface area contributed by atoms with Crippen molar-refractivity contribution < 1.29 is 9.59 Å². The van der Waals surface area contributed by atoms with Crippen molar-refractivity contribution in [3.63, 3.8) is 0 Å². The molecule has 1 amide bonds. The number of piperidine rings is 1. The van der Waals surface area contributed by atoms with Gasteiger partial charge in [-0.05, 0) is 38.3 Å². The molecule has 0 spiro atoms. The fraction of sp³-hybridized carbons (Fsp3) is 0.429. The number of amides is 1. The quantitative estimate of drug-likeness (QED) is 0.809. The van der Waals surface area contributed by atoms with E-state index in [0.29, 0.717) is 25.2 Å². The van der Waals surface area contributed by atoms with Gasteiger partial charge in [0.2, 0.25) is 5.91 Å². The van der Waals surface area contributed by atoms with E-state index in [1.807, 2.05) is 30.3 Å². The van der Waals surface area contributed by atoms with Crippen molar-refractivity contribution in [2.75, 3.05) is 13.1 Å². The van der Waals surface area contributed by atoms with Gasteiger partial charge in [0.1, 0.15) is 12.3 Å². The van der Waals surface area contributed by atoms with Crippen molar-refractivity contribution in [3.8, 4) is 0 Å². The number of aryl methyl sites for hydroxylation is 2. The zero-order valence-electron chi connectivity index (χ0n) is 15.9. The predicted octanol–water partition coefficient (Wildman–Crippen LogP) is 1.91. The molecule has 0 aliphatic carbocycles. The highest BCUT2D eigenvalue weighted by molar-refractivity contribution is 5.84. The number of aromatic nitrogens is 2. The number of Topliss-reactive ketones (excluding diaryl/α,β-unsaturated/α-hetero) is 1. The van der Waals surface area contributed by atoms with Crippen LogP contribution in [-0.4, -0.2) is 39.2 Å². The Hall–Kier alpha value is -2.76. The maximum absolute atomic E-state index is 12.7. The van der Waals surface area contributed by atoms with Gasteiger partial charge in [-0.15, -0.1) is 0 Å². The molecule has 0 saturated carbocycles. The van der Waals surface area contributed by atoms with Gasteiger partial charge in [0.15, 0.2) is 0 Å². The number of carbonyl (C=O) groups excluding carboxylic acids is 2. The van der Waals surface area contributed by atoms with E-state index in [4.69, 9.17) is 0 Å². The van der Waals surface area contributed by atoms with Crippen LogP contribution in [0.3, 0.4) is 0 Å². The number of hydrogen-bond acceptors (Lipinski definition) is 4. The molecule has 142 valence electrons. The lowest BCUT2D eigenvalue weighted by atomic mass is 9.90. The van der Waals surface area contributed by atoms with Crippen molar-refractivity contribution in [2.45, 2.75) is 39.7 Å². The second kappa shape index (κ2) is 8.29. The van der Waals surface area contributed by atoms with Crippen LogP contribution in [0.15, 0.2) is 41.2 Å². The third kappa shape index (κ3) is 4.70. The van der Waals surface area contributed by atoms with Gasteiger partial charge in [-0.1, -0.05) is 30.3 Å². The molecular weight excluding hydrogens is 342 g/mol. The van der Waals surface area contributed by atoms with E-state index in [-0.39, 0.29) is 24.2 Å². The lowest BCUT2D eigenvalue weighted by Gasteiger charge is -2.32. The van der Waals surface area contributed by atoms with Gasteiger partial charge < -0.3 is 4.90 Å². The summed E-state index contributed by atoms with van der Waals surface area (Å²) in [5.74, 6) is -0.107. The second-order valence-corrected chi connectivity index (χ2v) is 7.22. The first kappa shape index (κ1) is 19.0. The Labute approximate surface area is 158 Å². The Balaban J connectivity index is 1.64. The Morgan fingerprint density at radius 2 is 1.93 bits per heavy atom. The largest absolute Gasteiger partial charge is 0.348 e. The summed E-state index contributed by atoms with van der Waals surface area (Å²) in [6.07, 6.45) is 2.01. The molecule has 6 heteroatoms. The molecular formula is C21H25N3O3. The van der Waals surface area contributed by atoms with Crippen LogP contribution in [0.5, 0.6) is 0 Å². The van der Waals surface area contributed by atoms with Crippen LogP contribution in [0.25, 0.3) is 0 Å². The molecule has 1 aliphatic rings. The van der Waals surface area contributed by atoms with Crippen molar-refractivity contribution in [2.24, 2.45) is 5.92 Å². The van der Waals surface area contributed by atoms with E-state index >= 15 is 0 Å². The Morgan fingerprint density at radius 3 is 2.63 bits per heavy atom. The Bertz CT molecular complexity index is 889. The standard InChI is InChI=1S/C21H25N3O3/c1-15-11-16(2)24(21(27)22-15)14-20(26)23-10-6-9-18(13-23)19(25)12-17-7-4-3-5-8-17/h3-5,7-8,11,18H,6,9-10,12-14H2,1-2H3/t18-/m1/s1. The summed E-state index contributed by atoms with van der Waals surface area (Å²) in [4.78, 5) is 43.0. The van der Waals surface area contributed by atoms with E-state index in [1.165, 1.54) is 4.57 Å². The summed E-state index contributed by atoms with van der Waals surface area (Å²) in [5, 5.41) is 0. The summed E-state index contributed by atoms with van der Waals surface area (Å²) in [5.41, 5.74) is 1.95. The summed E-state index contributed by atoms with van der Waals surface area (Å²) < 4.78 is 1.39. The predicted molar refractivity (Wildman–Crippen MR) is 102 cm³/mol. The number of hydrogen-bond donors (Lipinski definition) is 0. The molecule has 1 saturated heterocycles. The van der Waals surface area contributed by atoms with Crippen LogP contribution in [0.1, 0.15) is 29.8 Å². The molecule has 1 fully saturated rings. The molecule has 0 bridgehead atoms. The van der Waals surface area contributed by atoms with E-state index in [0.717, 1.165) is 24.1 Å². The van der Waals surface area contributed by atoms with Gasteiger partial charge in [-0.3, -0.25) is 14.2 Å². The first-order chi connectivity index (χ1) is 12.9. The third-order valence-electron chi connectivity index (χ3n) is 5.09. The van der Waals surface area contributed by atoms with Gasteiger partial charge >= 0.3 is 5.69 Å². The van der Waals surface area contributed by atoms with Crippen molar-refractivity contribution >= 4 is 11.7 Å². The molecule has 6 nitrogen and oxygen atoms in total. The molecule has 1 aromatic carbocycles. The molecule has 3 rings (SSSR count). The molecule has 27 heavy (non-hydrogen) atoms. The number of rotatable bonds is 5. The highest BCUT2D eigenvalue weighted by atomic mass is 16.2. The molecule has 0 N–H and O–H groups in total. The lowest BCUT2D eigenvalue weighted by molar-refractivity contribution is -0.135. The SMILES string of the molecule is Cc1cc(C)n(CC(=O)N2CCC[C@@H](C(=O)Cc3ccccc3)C2)c(=O)n1. The molecule has 1 aromatic heterocycles. The minimum Gasteiger partial charge on any atom is -0.340 e. The van der Waals surface area contributed by atoms with E-state index in [9.17, 15) is 14.4 Å². The van der Waals surface area contributed by atoms with Crippen LogP contribution >= 0.6 is 0 Å². The van der Waals surface area contributed by atoms with Crippen LogP contribution in [-0.2, 0) is 22.6 Å². The van der Waals surface area contributed by atoms with Gasteiger partial charge in [0, 0.05) is 36.8 Å². The molecule has 0 radical (unpaired) electrons. The zero-order valence-corrected chi connectivity index (χ0v) is 15.9. The fourth-order valence-electron chi connectivity index (χ4n) is 3.61. The zero-order chi connectivity index (χ0) is 19.4. The van der Waals surface area contributed by atoms with Crippen LogP contribution in [0.4, 0.5) is 0 Å². The van der Waals surface area contributed by atoms with Crippen LogP contribution < -0.4 is 5.69 Å². The third-order valence-corrected chi connectivity index (χ3v) is 5.09. The van der Waals surface area contributed by atoms with E-state index < -0.39 is 5.69 Å². The van der Waals surface area contributed by atoms with Crippen molar-refractivity contribution in [1.82, 2.24) is 14.5 Å². The monoisotopic (exact) mass is 367 g/mol. The fourth-order valence-corrected chi connectivity index (χ4v) is 3.61. The number of benzene rings is 1. The highest BCUT2D eigenvalue weighted by Crippen LogP contribution is 2.19. The minimum atomic E-state index is -0.408. The average Bonchev–Trinajstić information content (AvgIpc) is 2.65. The maximum Gasteiger partial charge on any atom is 0.348 e. The summed E-state index contributed by atoms with van der Waals surface area (Å²) in [6, 6.07) is 11.5. The van der Waals surface area contributed by atoms with Crippen molar-refractivity contribution in [3.05, 3.63) is 63.8 Å².